The lowest BCUT2D eigenvalue weighted by atomic mass is 10.1. The van der Waals surface area contributed by atoms with Gasteiger partial charge in [-0.15, -0.1) is 0 Å². The lowest BCUT2D eigenvalue weighted by Gasteiger charge is -2.07. The van der Waals surface area contributed by atoms with Gasteiger partial charge in [-0.3, -0.25) is 4.79 Å². The molecule has 1 rings (SSSR count). The highest BCUT2D eigenvalue weighted by Gasteiger charge is 2.11. The molecule has 0 saturated carbocycles. The molecule has 0 bridgehead atoms. The van der Waals surface area contributed by atoms with E-state index in [1.54, 1.807) is 13.0 Å². The monoisotopic (exact) mass is 196 g/mol. The highest BCUT2D eigenvalue weighted by atomic mass is 19.1. The summed E-state index contributed by atoms with van der Waals surface area (Å²) in [7, 11) is 1.46. The fraction of sp³-hybridized carbons (Fsp3) is 0.300. The van der Waals surface area contributed by atoms with Crippen LogP contribution >= 0.6 is 0 Å². The predicted octanol–water partition coefficient (Wildman–Crippen LogP) is 1.21. The molecule has 3 nitrogen and oxygen atoms in total. The zero-order valence-corrected chi connectivity index (χ0v) is 8.17. The van der Waals surface area contributed by atoms with E-state index in [0.717, 1.165) is 0 Å². The summed E-state index contributed by atoms with van der Waals surface area (Å²) < 4.78 is 13.3. The number of rotatable bonds is 2. The van der Waals surface area contributed by atoms with Crippen LogP contribution in [-0.2, 0) is 0 Å². The van der Waals surface area contributed by atoms with Gasteiger partial charge in [0.05, 0.1) is 5.56 Å². The molecule has 0 saturated heterocycles. The number of nitrogens with two attached hydrogens (primary N) is 1. The Hall–Kier alpha value is -1.42. The number of carbonyl (C=O) groups excluding carboxylic acids is 1. The standard InChI is InChI=1S/C10H13FN2O/c1-6(12)7-3-4-8(9(11)5-7)10(14)13-2/h3-6H,12H2,1-2H3,(H,13,14)/t6-/m0/s1. The van der Waals surface area contributed by atoms with Crippen LogP contribution in [0.15, 0.2) is 18.2 Å². The van der Waals surface area contributed by atoms with Gasteiger partial charge in [-0.1, -0.05) is 6.07 Å². The minimum Gasteiger partial charge on any atom is -0.355 e. The number of halogens is 1. The molecule has 1 aromatic carbocycles. The van der Waals surface area contributed by atoms with E-state index in [9.17, 15) is 9.18 Å². The number of hydrogen-bond donors (Lipinski definition) is 2. The van der Waals surface area contributed by atoms with Crippen molar-refractivity contribution in [2.45, 2.75) is 13.0 Å². The van der Waals surface area contributed by atoms with Gasteiger partial charge in [-0.2, -0.15) is 0 Å². The van der Waals surface area contributed by atoms with Gasteiger partial charge in [-0.25, -0.2) is 4.39 Å². The minimum atomic E-state index is -0.542. The molecule has 0 aromatic heterocycles. The predicted molar refractivity (Wildman–Crippen MR) is 52.4 cm³/mol. The summed E-state index contributed by atoms with van der Waals surface area (Å²) in [6.07, 6.45) is 0. The molecule has 0 heterocycles. The van der Waals surface area contributed by atoms with Crippen molar-refractivity contribution < 1.29 is 9.18 Å². The van der Waals surface area contributed by atoms with Gasteiger partial charge in [0, 0.05) is 13.1 Å². The van der Waals surface area contributed by atoms with Crippen molar-refractivity contribution in [2.24, 2.45) is 5.73 Å². The Kier molecular flexibility index (Phi) is 3.19. The summed E-state index contributed by atoms with van der Waals surface area (Å²) in [5.41, 5.74) is 6.29. The van der Waals surface area contributed by atoms with Gasteiger partial charge in [0.25, 0.3) is 5.91 Å². The third-order valence-corrected chi connectivity index (χ3v) is 1.99. The van der Waals surface area contributed by atoms with Crippen LogP contribution in [0, 0.1) is 5.82 Å². The number of carbonyl (C=O) groups is 1. The van der Waals surface area contributed by atoms with Crippen molar-refractivity contribution in [3.05, 3.63) is 35.1 Å². The summed E-state index contributed by atoms with van der Waals surface area (Å²) in [6, 6.07) is 4.14. The Balaban J connectivity index is 3.07. The molecule has 1 atom stereocenters. The smallest absolute Gasteiger partial charge is 0.253 e. The molecule has 1 aromatic rings. The maximum absolute atomic E-state index is 13.3. The number of hydrogen-bond acceptors (Lipinski definition) is 2. The lowest BCUT2D eigenvalue weighted by molar-refractivity contribution is 0.0959. The molecular weight excluding hydrogens is 183 g/mol. The summed E-state index contributed by atoms with van der Waals surface area (Å²) in [4.78, 5) is 11.1. The fourth-order valence-corrected chi connectivity index (χ4v) is 1.13. The van der Waals surface area contributed by atoms with E-state index >= 15 is 0 Å². The normalized spacial score (nSPS) is 12.3. The van der Waals surface area contributed by atoms with Gasteiger partial charge in [0.15, 0.2) is 0 Å². The fourth-order valence-electron chi connectivity index (χ4n) is 1.13. The molecule has 3 N–H and O–H groups in total. The van der Waals surface area contributed by atoms with Gasteiger partial charge in [0.2, 0.25) is 0 Å². The zero-order valence-electron chi connectivity index (χ0n) is 8.17. The maximum Gasteiger partial charge on any atom is 0.253 e. The molecule has 0 aliphatic carbocycles. The first kappa shape index (κ1) is 10.7. The lowest BCUT2D eigenvalue weighted by Crippen LogP contribution is -2.19. The molecule has 1 amide bonds. The molecule has 4 heteroatoms. The van der Waals surface area contributed by atoms with E-state index < -0.39 is 11.7 Å². The van der Waals surface area contributed by atoms with Crippen LogP contribution in [0.5, 0.6) is 0 Å². The second kappa shape index (κ2) is 4.19. The van der Waals surface area contributed by atoms with E-state index in [1.807, 2.05) is 0 Å². The first-order valence-corrected chi connectivity index (χ1v) is 4.33. The van der Waals surface area contributed by atoms with Crippen LogP contribution in [0.4, 0.5) is 4.39 Å². The molecule has 0 unspecified atom stereocenters. The van der Waals surface area contributed by atoms with Crippen molar-refractivity contribution in [3.63, 3.8) is 0 Å². The average Bonchev–Trinajstić information content (AvgIpc) is 2.16. The number of nitrogens with one attached hydrogen (secondary N) is 1. The molecule has 0 spiro atoms. The Bertz CT molecular complexity index is 350. The Morgan fingerprint density at radius 2 is 2.21 bits per heavy atom. The molecule has 0 aliphatic heterocycles. The summed E-state index contributed by atoms with van der Waals surface area (Å²) in [5, 5.41) is 2.36. The van der Waals surface area contributed by atoms with Crippen molar-refractivity contribution >= 4 is 5.91 Å². The largest absolute Gasteiger partial charge is 0.355 e. The molecule has 14 heavy (non-hydrogen) atoms. The summed E-state index contributed by atoms with van der Waals surface area (Å²) >= 11 is 0. The van der Waals surface area contributed by atoms with Crippen molar-refractivity contribution in [2.75, 3.05) is 7.05 Å². The van der Waals surface area contributed by atoms with Crippen LogP contribution in [0.2, 0.25) is 0 Å². The topological polar surface area (TPSA) is 55.1 Å². The molecule has 0 fully saturated rings. The first-order chi connectivity index (χ1) is 6.56. The van der Waals surface area contributed by atoms with Crippen LogP contribution in [0.3, 0.4) is 0 Å². The minimum absolute atomic E-state index is 0.0388. The van der Waals surface area contributed by atoms with Crippen LogP contribution in [-0.4, -0.2) is 13.0 Å². The number of amides is 1. The Morgan fingerprint density at radius 1 is 1.57 bits per heavy atom. The van der Waals surface area contributed by atoms with E-state index in [1.165, 1.54) is 19.2 Å². The van der Waals surface area contributed by atoms with Gasteiger partial charge in [0.1, 0.15) is 5.82 Å². The van der Waals surface area contributed by atoms with Crippen LogP contribution in [0.1, 0.15) is 28.9 Å². The quantitative estimate of drug-likeness (QED) is 0.746. The van der Waals surface area contributed by atoms with Crippen molar-refractivity contribution in [3.8, 4) is 0 Å². The van der Waals surface area contributed by atoms with Gasteiger partial charge in [-0.05, 0) is 24.6 Å². The molecule has 76 valence electrons. The summed E-state index contributed by atoms with van der Waals surface area (Å²) in [6.45, 7) is 1.76. The van der Waals surface area contributed by atoms with Crippen LogP contribution < -0.4 is 11.1 Å². The number of benzene rings is 1. The zero-order chi connectivity index (χ0) is 10.7. The highest BCUT2D eigenvalue weighted by Crippen LogP contribution is 2.14. The van der Waals surface area contributed by atoms with Crippen LogP contribution in [0.25, 0.3) is 0 Å². The molecular formula is C10H13FN2O. The second-order valence-corrected chi connectivity index (χ2v) is 3.11. The molecule has 0 radical (unpaired) electrons. The highest BCUT2D eigenvalue weighted by molar-refractivity contribution is 5.94. The van der Waals surface area contributed by atoms with E-state index in [-0.39, 0.29) is 11.6 Å². The summed E-state index contributed by atoms with van der Waals surface area (Å²) in [5.74, 6) is -0.974. The Morgan fingerprint density at radius 3 is 2.64 bits per heavy atom. The van der Waals surface area contributed by atoms with Gasteiger partial charge >= 0.3 is 0 Å². The third kappa shape index (κ3) is 2.09. The van der Waals surface area contributed by atoms with Crippen molar-refractivity contribution in [1.82, 2.24) is 5.32 Å². The average molecular weight is 196 g/mol. The van der Waals surface area contributed by atoms with E-state index in [2.05, 4.69) is 5.32 Å². The molecule has 0 aliphatic rings. The second-order valence-electron chi connectivity index (χ2n) is 3.11. The SMILES string of the molecule is CNC(=O)c1ccc([C@H](C)N)cc1F. The van der Waals surface area contributed by atoms with Crippen molar-refractivity contribution in [1.29, 1.82) is 0 Å². The van der Waals surface area contributed by atoms with E-state index in [4.69, 9.17) is 5.73 Å². The van der Waals surface area contributed by atoms with E-state index in [0.29, 0.717) is 5.56 Å². The Labute approximate surface area is 82.1 Å². The maximum atomic E-state index is 13.3. The first-order valence-electron chi connectivity index (χ1n) is 4.33. The van der Waals surface area contributed by atoms with Gasteiger partial charge < -0.3 is 11.1 Å². The third-order valence-electron chi connectivity index (χ3n) is 1.99.